The summed E-state index contributed by atoms with van der Waals surface area (Å²) in [5.41, 5.74) is 1.14. The lowest BCUT2D eigenvalue weighted by molar-refractivity contribution is -0.127. The summed E-state index contributed by atoms with van der Waals surface area (Å²) in [5, 5.41) is 6.59. The van der Waals surface area contributed by atoms with Gasteiger partial charge in [-0.25, -0.2) is 0 Å². The number of hydrogen-bond donors (Lipinski definition) is 2. The number of nitrogens with one attached hydrogen (secondary N) is 2. The maximum absolute atomic E-state index is 12.4. The number of carbonyl (C=O) groups excluding carboxylic acids is 1. The molecule has 3 rings (SSSR count). The van der Waals surface area contributed by atoms with Crippen molar-refractivity contribution < 1.29 is 9.53 Å². The average molecular weight is 274 g/mol. The molecule has 0 spiro atoms. The van der Waals surface area contributed by atoms with E-state index < -0.39 is 0 Å². The Labute approximate surface area is 119 Å². The quantitative estimate of drug-likeness (QED) is 0.859. The third-order valence-corrected chi connectivity index (χ3v) is 4.22. The van der Waals surface area contributed by atoms with Gasteiger partial charge in [0.15, 0.2) is 0 Å². The molecule has 0 bridgehead atoms. The molecule has 0 aromatic heterocycles. The Morgan fingerprint density at radius 2 is 2.25 bits per heavy atom. The SMILES string of the molecule is CC1CC(NC(=O)C2COc3ccccc3C2)CCN1. The van der Waals surface area contributed by atoms with Crippen molar-refractivity contribution >= 4 is 5.91 Å². The summed E-state index contributed by atoms with van der Waals surface area (Å²) in [5.74, 6) is 1.00. The first kappa shape index (κ1) is 13.4. The molecular formula is C16H22N2O2. The van der Waals surface area contributed by atoms with Gasteiger partial charge in [0.2, 0.25) is 5.91 Å². The summed E-state index contributed by atoms with van der Waals surface area (Å²) in [4.78, 5) is 12.4. The van der Waals surface area contributed by atoms with Crippen LogP contribution in [0.4, 0.5) is 0 Å². The number of amides is 1. The second-order valence-corrected chi connectivity index (χ2v) is 5.90. The smallest absolute Gasteiger partial charge is 0.227 e. The van der Waals surface area contributed by atoms with Gasteiger partial charge in [0, 0.05) is 12.1 Å². The minimum absolute atomic E-state index is 0.0601. The molecule has 1 saturated heterocycles. The largest absolute Gasteiger partial charge is 0.492 e. The third-order valence-electron chi connectivity index (χ3n) is 4.22. The van der Waals surface area contributed by atoms with Crippen LogP contribution in [-0.2, 0) is 11.2 Å². The van der Waals surface area contributed by atoms with Gasteiger partial charge in [-0.3, -0.25) is 4.79 Å². The summed E-state index contributed by atoms with van der Waals surface area (Å²) in [6, 6.07) is 8.76. The number of ether oxygens (including phenoxy) is 1. The Bertz CT molecular complexity index is 489. The lowest BCUT2D eigenvalue weighted by Crippen LogP contribution is -2.49. The van der Waals surface area contributed by atoms with E-state index in [4.69, 9.17) is 4.74 Å². The normalized spacial score (nSPS) is 29.1. The highest BCUT2D eigenvalue weighted by Gasteiger charge is 2.28. The van der Waals surface area contributed by atoms with Crippen molar-refractivity contribution in [1.29, 1.82) is 0 Å². The number of fused-ring (bicyclic) bond motifs is 1. The molecule has 2 N–H and O–H groups in total. The summed E-state index contributed by atoms with van der Waals surface area (Å²) < 4.78 is 5.69. The first-order chi connectivity index (χ1) is 9.72. The van der Waals surface area contributed by atoms with Crippen LogP contribution in [0, 0.1) is 5.92 Å². The Morgan fingerprint density at radius 1 is 1.40 bits per heavy atom. The van der Waals surface area contributed by atoms with Crippen molar-refractivity contribution in [3.8, 4) is 5.75 Å². The monoisotopic (exact) mass is 274 g/mol. The van der Waals surface area contributed by atoms with Crippen LogP contribution in [0.1, 0.15) is 25.3 Å². The van der Waals surface area contributed by atoms with Gasteiger partial charge in [0.25, 0.3) is 0 Å². The maximum Gasteiger partial charge on any atom is 0.227 e. The fraction of sp³-hybridized carbons (Fsp3) is 0.562. The highest BCUT2D eigenvalue weighted by atomic mass is 16.5. The van der Waals surface area contributed by atoms with Gasteiger partial charge in [-0.15, -0.1) is 0 Å². The van der Waals surface area contributed by atoms with Crippen molar-refractivity contribution in [3.63, 3.8) is 0 Å². The van der Waals surface area contributed by atoms with Gasteiger partial charge in [-0.05, 0) is 44.4 Å². The van der Waals surface area contributed by atoms with Crippen LogP contribution in [-0.4, -0.2) is 31.1 Å². The zero-order chi connectivity index (χ0) is 13.9. The fourth-order valence-electron chi connectivity index (χ4n) is 3.08. The second kappa shape index (κ2) is 5.83. The molecule has 4 nitrogen and oxygen atoms in total. The molecule has 0 aliphatic carbocycles. The van der Waals surface area contributed by atoms with Crippen LogP contribution in [0.15, 0.2) is 24.3 Å². The number of para-hydroxylation sites is 1. The summed E-state index contributed by atoms with van der Waals surface area (Å²) in [7, 11) is 0. The van der Waals surface area contributed by atoms with Crippen molar-refractivity contribution in [3.05, 3.63) is 29.8 Å². The zero-order valence-electron chi connectivity index (χ0n) is 11.9. The molecule has 20 heavy (non-hydrogen) atoms. The van der Waals surface area contributed by atoms with E-state index in [9.17, 15) is 4.79 Å². The number of hydrogen-bond acceptors (Lipinski definition) is 3. The number of rotatable bonds is 2. The van der Waals surface area contributed by atoms with Crippen molar-refractivity contribution in [1.82, 2.24) is 10.6 Å². The number of piperidine rings is 1. The minimum Gasteiger partial charge on any atom is -0.492 e. The van der Waals surface area contributed by atoms with E-state index >= 15 is 0 Å². The van der Waals surface area contributed by atoms with Gasteiger partial charge < -0.3 is 15.4 Å². The average Bonchev–Trinajstić information content (AvgIpc) is 2.47. The lowest BCUT2D eigenvalue weighted by atomic mass is 9.94. The summed E-state index contributed by atoms with van der Waals surface area (Å²) in [6.07, 6.45) is 2.80. The molecule has 1 aromatic rings. The molecule has 108 valence electrons. The Morgan fingerprint density at radius 3 is 3.10 bits per heavy atom. The van der Waals surface area contributed by atoms with E-state index in [2.05, 4.69) is 17.6 Å². The van der Waals surface area contributed by atoms with Crippen LogP contribution < -0.4 is 15.4 Å². The summed E-state index contributed by atoms with van der Waals surface area (Å²) >= 11 is 0. The minimum atomic E-state index is -0.0601. The highest BCUT2D eigenvalue weighted by Crippen LogP contribution is 2.27. The molecule has 2 aliphatic rings. The second-order valence-electron chi connectivity index (χ2n) is 5.90. The Hall–Kier alpha value is -1.55. The third kappa shape index (κ3) is 2.96. The molecule has 2 heterocycles. The fourth-order valence-corrected chi connectivity index (χ4v) is 3.08. The van der Waals surface area contributed by atoms with Crippen molar-refractivity contribution in [2.75, 3.05) is 13.2 Å². The first-order valence-corrected chi connectivity index (χ1v) is 7.47. The van der Waals surface area contributed by atoms with Crippen LogP contribution in [0.2, 0.25) is 0 Å². The molecule has 4 heteroatoms. The predicted octanol–water partition coefficient (Wildman–Crippen LogP) is 1.49. The molecule has 1 amide bonds. The summed E-state index contributed by atoms with van der Waals surface area (Å²) in [6.45, 7) is 3.64. The highest BCUT2D eigenvalue weighted by molar-refractivity contribution is 5.80. The molecule has 0 radical (unpaired) electrons. The van der Waals surface area contributed by atoms with Gasteiger partial charge >= 0.3 is 0 Å². The van der Waals surface area contributed by atoms with Gasteiger partial charge in [-0.2, -0.15) is 0 Å². The van der Waals surface area contributed by atoms with Gasteiger partial charge in [0.1, 0.15) is 12.4 Å². The van der Waals surface area contributed by atoms with E-state index in [1.54, 1.807) is 0 Å². The topological polar surface area (TPSA) is 50.4 Å². The van der Waals surface area contributed by atoms with Crippen molar-refractivity contribution in [2.24, 2.45) is 5.92 Å². The van der Waals surface area contributed by atoms with Crippen LogP contribution in [0.3, 0.4) is 0 Å². The Balaban J connectivity index is 1.59. The molecule has 3 unspecified atom stereocenters. The van der Waals surface area contributed by atoms with Crippen molar-refractivity contribution in [2.45, 2.75) is 38.3 Å². The van der Waals surface area contributed by atoms with E-state index in [0.29, 0.717) is 18.7 Å². The van der Waals surface area contributed by atoms with Crippen LogP contribution in [0.25, 0.3) is 0 Å². The molecular weight excluding hydrogens is 252 g/mol. The van der Waals surface area contributed by atoms with Gasteiger partial charge in [-0.1, -0.05) is 18.2 Å². The van der Waals surface area contributed by atoms with Crippen LogP contribution in [0.5, 0.6) is 5.75 Å². The predicted molar refractivity (Wildman–Crippen MR) is 77.8 cm³/mol. The standard InChI is InChI=1S/C16H22N2O2/c1-11-8-14(6-7-17-11)18-16(19)13-9-12-4-2-3-5-15(12)20-10-13/h2-5,11,13-14,17H,6-10H2,1H3,(H,18,19). The van der Waals surface area contributed by atoms with E-state index in [1.807, 2.05) is 24.3 Å². The molecule has 0 saturated carbocycles. The first-order valence-electron chi connectivity index (χ1n) is 7.47. The maximum atomic E-state index is 12.4. The molecule has 2 aliphatic heterocycles. The lowest BCUT2D eigenvalue weighted by Gasteiger charge is -2.31. The van der Waals surface area contributed by atoms with Gasteiger partial charge in [0.05, 0.1) is 5.92 Å². The molecule has 1 fully saturated rings. The van der Waals surface area contributed by atoms with E-state index in [-0.39, 0.29) is 11.8 Å². The zero-order valence-corrected chi connectivity index (χ0v) is 11.9. The van der Waals surface area contributed by atoms with E-state index in [0.717, 1.165) is 37.1 Å². The van der Waals surface area contributed by atoms with Crippen LogP contribution >= 0.6 is 0 Å². The number of carbonyl (C=O) groups is 1. The van der Waals surface area contributed by atoms with E-state index in [1.165, 1.54) is 0 Å². The Kier molecular flexibility index (Phi) is 3.92. The number of benzene rings is 1. The molecule has 1 aromatic carbocycles. The molecule has 3 atom stereocenters.